The Morgan fingerprint density at radius 2 is 1.88 bits per heavy atom. The summed E-state index contributed by atoms with van der Waals surface area (Å²) in [4.78, 5) is 15.1. The number of nitrogens with zero attached hydrogens (tertiary/aromatic N) is 1. The van der Waals surface area contributed by atoms with Crippen LogP contribution in [0.15, 0.2) is 12.3 Å². The Balaban J connectivity index is 2.88. The highest BCUT2D eigenvalue weighted by Crippen LogP contribution is 2.14. The molecule has 0 fully saturated rings. The summed E-state index contributed by atoms with van der Waals surface area (Å²) >= 11 is 0. The van der Waals surface area contributed by atoms with Crippen LogP contribution in [0.4, 0.5) is 0 Å². The van der Waals surface area contributed by atoms with Gasteiger partial charge in [0.05, 0.1) is 0 Å². The predicted molar refractivity (Wildman–Crippen MR) is 68.4 cm³/mol. The highest BCUT2D eigenvalue weighted by atomic mass is 16.4. The largest absolute Gasteiger partial charge is 0.477 e. The first-order chi connectivity index (χ1) is 8.19. The Labute approximate surface area is 103 Å². The zero-order chi connectivity index (χ0) is 12.7. The third kappa shape index (κ3) is 4.17. The van der Waals surface area contributed by atoms with Gasteiger partial charge in [-0.1, -0.05) is 32.8 Å². The zero-order valence-corrected chi connectivity index (χ0v) is 10.7. The van der Waals surface area contributed by atoms with Crippen molar-refractivity contribution in [1.82, 2.24) is 4.98 Å². The number of carboxylic acid groups (broad SMARTS) is 1. The summed E-state index contributed by atoms with van der Waals surface area (Å²) < 4.78 is 0. The topological polar surface area (TPSA) is 50.2 Å². The number of pyridine rings is 1. The molecule has 1 aromatic rings. The number of carbonyl (C=O) groups is 1. The van der Waals surface area contributed by atoms with Crippen molar-refractivity contribution in [1.29, 1.82) is 0 Å². The quantitative estimate of drug-likeness (QED) is 0.787. The van der Waals surface area contributed by atoms with Crippen LogP contribution in [0.3, 0.4) is 0 Å². The minimum absolute atomic E-state index is 0.221. The summed E-state index contributed by atoms with van der Waals surface area (Å²) in [6, 6.07) is 2.02. The van der Waals surface area contributed by atoms with Crippen LogP contribution in [-0.4, -0.2) is 16.1 Å². The molecule has 0 unspecified atom stereocenters. The number of unbranched alkanes of at least 4 members (excludes halogenated alkanes) is 2. The van der Waals surface area contributed by atoms with E-state index in [4.69, 9.17) is 5.11 Å². The van der Waals surface area contributed by atoms with Crippen molar-refractivity contribution < 1.29 is 9.90 Å². The second-order valence-corrected chi connectivity index (χ2v) is 4.36. The maximum Gasteiger partial charge on any atom is 0.354 e. The number of carboxylic acids is 1. The molecule has 0 amide bonds. The average Bonchev–Trinajstić information content (AvgIpc) is 2.33. The van der Waals surface area contributed by atoms with Crippen molar-refractivity contribution in [3.05, 3.63) is 29.1 Å². The van der Waals surface area contributed by atoms with Gasteiger partial charge in [-0.15, -0.1) is 0 Å². The van der Waals surface area contributed by atoms with E-state index in [9.17, 15) is 4.79 Å². The Morgan fingerprint density at radius 1 is 1.24 bits per heavy atom. The van der Waals surface area contributed by atoms with E-state index < -0.39 is 5.97 Å². The lowest BCUT2D eigenvalue weighted by Gasteiger charge is -2.07. The molecule has 0 atom stereocenters. The lowest BCUT2D eigenvalue weighted by Crippen LogP contribution is -2.07. The number of aryl methyl sites for hydroxylation is 2. The fraction of sp³-hybridized carbons (Fsp3) is 0.571. The molecule has 94 valence electrons. The third-order valence-corrected chi connectivity index (χ3v) is 2.84. The standard InChI is InChI=1S/C14H21NO2/c1-3-5-7-11-9-12(8-6-4-2)13(14(16)17)15-10-11/h9-10H,3-8H2,1-2H3,(H,16,17). The Bertz CT molecular complexity index is 374. The molecule has 1 aromatic heterocycles. The molecule has 0 spiro atoms. The lowest BCUT2D eigenvalue weighted by atomic mass is 10.0. The van der Waals surface area contributed by atoms with Crippen LogP contribution in [0.2, 0.25) is 0 Å². The number of hydrogen-bond donors (Lipinski definition) is 1. The highest BCUT2D eigenvalue weighted by Gasteiger charge is 2.11. The van der Waals surface area contributed by atoms with Crippen LogP contribution in [0.25, 0.3) is 0 Å². The van der Waals surface area contributed by atoms with Crippen molar-refractivity contribution in [3.8, 4) is 0 Å². The van der Waals surface area contributed by atoms with Gasteiger partial charge in [0.15, 0.2) is 5.69 Å². The minimum Gasteiger partial charge on any atom is -0.477 e. The van der Waals surface area contributed by atoms with Crippen LogP contribution in [0.5, 0.6) is 0 Å². The van der Waals surface area contributed by atoms with E-state index in [-0.39, 0.29) is 5.69 Å². The molecule has 0 saturated carbocycles. The van der Waals surface area contributed by atoms with Gasteiger partial charge in [-0.2, -0.15) is 0 Å². The van der Waals surface area contributed by atoms with Gasteiger partial charge < -0.3 is 5.11 Å². The summed E-state index contributed by atoms with van der Waals surface area (Å²) in [5.41, 5.74) is 2.26. The predicted octanol–water partition coefficient (Wildman–Crippen LogP) is 3.47. The Morgan fingerprint density at radius 3 is 2.47 bits per heavy atom. The van der Waals surface area contributed by atoms with E-state index in [0.717, 1.165) is 49.7 Å². The van der Waals surface area contributed by atoms with Gasteiger partial charge in [0.1, 0.15) is 0 Å². The first kappa shape index (κ1) is 13.7. The molecule has 1 N–H and O–H groups in total. The van der Waals surface area contributed by atoms with Crippen molar-refractivity contribution >= 4 is 5.97 Å². The molecule has 0 aliphatic carbocycles. The normalized spacial score (nSPS) is 10.5. The second-order valence-electron chi connectivity index (χ2n) is 4.36. The van der Waals surface area contributed by atoms with E-state index in [1.807, 2.05) is 6.07 Å². The van der Waals surface area contributed by atoms with Gasteiger partial charge in [0, 0.05) is 6.20 Å². The van der Waals surface area contributed by atoms with Crippen molar-refractivity contribution in [2.45, 2.75) is 52.4 Å². The molecule has 3 heteroatoms. The van der Waals surface area contributed by atoms with Gasteiger partial charge in [0.25, 0.3) is 0 Å². The van der Waals surface area contributed by atoms with Crippen LogP contribution < -0.4 is 0 Å². The zero-order valence-electron chi connectivity index (χ0n) is 10.7. The van der Waals surface area contributed by atoms with Crippen molar-refractivity contribution in [2.24, 2.45) is 0 Å². The van der Waals surface area contributed by atoms with Crippen LogP contribution >= 0.6 is 0 Å². The molecule has 0 aliphatic rings. The van der Waals surface area contributed by atoms with E-state index in [2.05, 4.69) is 18.8 Å². The van der Waals surface area contributed by atoms with E-state index in [1.165, 1.54) is 0 Å². The van der Waals surface area contributed by atoms with E-state index in [0.29, 0.717) is 0 Å². The van der Waals surface area contributed by atoms with Crippen LogP contribution in [0.1, 0.15) is 61.1 Å². The molecule has 0 aliphatic heterocycles. The first-order valence-electron chi connectivity index (χ1n) is 6.40. The smallest absolute Gasteiger partial charge is 0.354 e. The molecule has 0 radical (unpaired) electrons. The van der Waals surface area contributed by atoms with Gasteiger partial charge in [0.2, 0.25) is 0 Å². The fourth-order valence-electron chi connectivity index (χ4n) is 1.83. The maximum absolute atomic E-state index is 11.0. The monoisotopic (exact) mass is 235 g/mol. The lowest BCUT2D eigenvalue weighted by molar-refractivity contribution is 0.0689. The summed E-state index contributed by atoms with van der Waals surface area (Å²) in [6.07, 6.45) is 7.85. The summed E-state index contributed by atoms with van der Waals surface area (Å²) in [7, 11) is 0. The molecule has 1 heterocycles. The molecule has 0 bridgehead atoms. The van der Waals surface area contributed by atoms with E-state index in [1.54, 1.807) is 6.20 Å². The van der Waals surface area contributed by atoms with Crippen molar-refractivity contribution in [3.63, 3.8) is 0 Å². The van der Waals surface area contributed by atoms with Gasteiger partial charge in [-0.25, -0.2) is 9.78 Å². The first-order valence-corrected chi connectivity index (χ1v) is 6.40. The molecule has 1 rings (SSSR count). The van der Waals surface area contributed by atoms with Gasteiger partial charge in [-0.3, -0.25) is 0 Å². The number of hydrogen-bond acceptors (Lipinski definition) is 2. The van der Waals surface area contributed by atoms with Gasteiger partial charge in [-0.05, 0) is 36.8 Å². The third-order valence-electron chi connectivity index (χ3n) is 2.84. The summed E-state index contributed by atoms with van der Waals surface area (Å²) in [6.45, 7) is 4.26. The van der Waals surface area contributed by atoms with Crippen LogP contribution in [-0.2, 0) is 12.8 Å². The van der Waals surface area contributed by atoms with Crippen molar-refractivity contribution in [2.75, 3.05) is 0 Å². The summed E-state index contributed by atoms with van der Waals surface area (Å²) in [5, 5.41) is 9.07. The molecule has 0 aromatic carbocycles. The molecule has 17 heavy (non-hydrogen) atoms. The summed E-state index contributed by atoms with van der Waals surface area (Å²) in [5.74, 6) is -0.918. The number of aromatic nitrogens is 1. The number of rotatable bonds is 7. The molecular formula is C14H21NO2. The highest BCUT2D eigenvalue weighted by molar-refractivity contribution is 5.87. The average molecular weight is 235 g/mol. The molecule has 0 saturated heterocycles. The Hall–Kier alpha value is -1.38. The minimum atomic E-state index is -0.918. The maximum atomic E-state index is 11.0. The fourth-order valence-corrected chi connectivity index (χ4v) is 1.83. The van der Waals surface area contributed by atoms with Gasteiger partial charge >= 0.3 is 5.97 Å². The second kappa shape index (κ2) is 7.05. The van der Waals surface area contributed by atoms with E-state index >= 15 is 0 Å². The SMILES string of the molecule is CCCCc1cnc(C(=O)O)c(CCCC)c1. The van der Waals surface area contributed by atoms with Crippen LogP contribution in [0, 0.1) is 0 Å². The number of aromatic carboxylic acids is 1. The Kier molecular flexibility index (Phi) is 5.67. The molecular weight excluding hydrogens is 214 g/mol. The molecule has 3 nitrogen and oxygen atoms in total.